The molecule has 1 fully saturated rings. The van der Waals surface area contributed by atoms with Crippen LogP contribution in [0.25, 0.3) is 0 Å². The SMILES string of the molecule is Cc1ncccc1N(O)C(=O)c1ccc2c(c1)CC[C@@]1(CCNC1=O)C2. The summed E-state index contributed by atoms with van der Waals surface area (Å²) in [6.45, 7) is 2.49. The summed E-state index contributed by atoms with van der Waals surface area (Å²) in [7, 11) is 0. The summed E-state index contributed by atoms with van der Waals surface area (Å²) in [5, 5.41) is 13.9. The van der Waals surface area contributed by atoms with Crippen LogP contribution < -0.4 is 10.4 Å². The molecule has 2 aromatic rings. The summed E-state index contributed by atoms with van der Waals surface area (Å²) in [5.41, 5.74) is 3.30. The molecule has 0 bridgehead atoms. The first kappa shape index (κ1) is 16.7. The first-order valence-corrected chi connectivity index (χ1v) is 8.85. The van der Waals surface area contributed by atoms with Crippen LogP contribution in [0.3, 0.4) is 0 Å². The van der Waals surface area contributed by atoms with Crippen molar-refractivity contribution in [1.29, 1.82) is 0 Å². The molecule has 0 unspecified atom stereocenters. The van der Waals surface area contributed by atoms with Crippen LogP contribution in [-0.4, -0.2) is 28.6 Å². The van der Waals surface area contributed by atoms with Crippen molar-refractivity contribution in [1.82, 2.24) is 10.3 Å². The molecule has 2 aliphatic rings. The quantitative estimate of drug-likeness (QED) is 0.643. The highest BCUT2D eigenvalue weighted by atomic mass is 16.5. The van der Waals surface area contributed by atoms with Crippen LogP contribution in [0.5, 0.6) is 0 Å². The van der Waals surface area contributed by atoms with E-state index >= 15 is 0 Å². The Morgan fingerprint density at radius 3 is 2.85 bits per heavy atom. The number of anilines is 1. The van der Waals surface area contributed by atoms with Crippen LogP contribution in [-0.2, 0) is 17.6 Å². The van der Waals surface area contributed by atoms with Gasteiger partial charge in [0.15, 0.2) is 0 Å². The van der Waals surface area contributed by atoms with Gasteiger partial charge in [0.2, 0.25) is 5.91 Å². The topological polar surface area (TPSA) is 82.5 Å². The maximum Gasteiger partial charge on any atom is 0.282 e. The number of nitrogens with one attached hydrogen (secondary N) is 1. The molecule has 1 aromatic heterocycles. The van der Waals surface area contributed by atoms with Gasteiger partial charge in [-0.25, -0.2) is 0 Å². The molecule has 134 valence electrons. The Bertz CT molecular complexity index is 896. The van der Waals surface area contributed by atoms with E-state index in [4.69, 9.17) is 0 Å². The molecule has 0 radical (unpaired) electrons. The molecule has 6 heteroatoms. The van der Waals surface area contributed by atoms with Crippen LogP contribution >= 0.6 is 0 Å². The van der Waals surface area contributed by atoms with Gasteiger partial charge in [-0.05, 0) is 68.0 Å². The zero-order chi connectivity index (χ0) is 18.3. The van der Waals surface area contributed by atoms with Crippen molar-refractivity contribution < 1.29 is 14.8 Å². The molecule has 1 aliphatic heterocycles. The third kappa shape index (κ3) is 2.66. The van der Waals surface area contributed by atoms with Gasteiger partial charge in [0.1, 0.15) is 0 Å². The molecular formula is C20H21N3O3. The highest BCUT2D eigenvalue weighted by Gasteiger charge is 2.44. The molecule has 2 N–H and O–H groups in total. The number of hydrogen-bond acceptors (Lipinski definition) is 4. The van der Waals surface area contributed by atoms with Crippen molar-refractivity contribution in [3.05, 3.63) is 58.9 Å². The smallest absolute Gasteiger partial charge is 0.282 e. The largest absolute Gasteiger partial charge is 0.356 e. The number of hydroxylamine groups is 1. The average Bonchev–Trinajstić information content (AvgIpc) is 3.00. The number of carbonyl (C=O) groups is 2. The number of amides is 2. The third-order valence-electron chi connectivity index (χ3n) is 5.63. The van der Waals surface area contributed by atoms with Gasteiger partial charge < -0.3 is 5.32 Å². The van der Waals surface area contributed by atoms with Gasteiger partial charge in [-0.2, -0.15) is 5.06 Å². The van der Waals surface area contributed by atoms with Gasteiger partial charge in [-0.1, -0.05) is 6.07 Å². The van der Waals surface area contributed by atoms with Gasteiger partial charge in [0, 0.05) is 18.3 Å². The molecule has 1 saturated heterocycles. The molecule has 1 aliphatic carbocycles. The maximum atomic E-state index is 12.7. The summed E-state index contributed by atoms with van der Waals surface area (Å²) < 4.78 is 0. The summed E-state index contributed by atoms with van der Waals surface area (Å²) in [5.74, 6) is -0.334. The zero-order valence-corrected chi connectivity index (χ0v) is 14.7. The molecule has 6 nitrogen and oxygen atoms in total. The molecule has 2 heterocycles. The monoisotopic (exact) mass is 351 g/mol. The number of aryl methyl sites for hydroxylation is 2. The van der Waals surface area contributed by atoms with Gasteiger partial charge in [-0.3, -0.25) is 19.8 Å². The van der Waals surface area contributed by atoms with E-state index in [1.54, 1.807) is 31.3 Å². The molecule has 1 spiro atoms. The van der Waals surface area contributed by atoms with E-state index in [0.29, 0.717) is 28.4 Å². The highest BCUT2D eigenvalue weighted by molar-refractivity contribution is 6.04. The van der Waals surface area contributed by atoms with Crippen molar-refractivity contribution in [2.75, 3.05) is 11.6 Å². The summed E-state index contributed by atoms with van der Waals surface area (Å²) in [6.07, 6.45) is 4.77. The van der Waals surface area contributed by atoms with Crippen LogP contribution in [0.15, 0.2) is 36.5 Å². The van der Waals surface area contributed by atoms with Crippen molar-refractivity contribution in [3.8, 4) is 0 Å². The lowest BCUT2D eigenvalue weighted by molar-refractivity contribution is -0.128. The number of carbonyl (C=O) groups excluding carboxylic acids is 2. The lowest BCUT2D eigenvalue weighted by Gasteiger charge is -2.32. The molecule has 4 rings (SSSR count). The second-order valence-corrected chi connectivity index (χ2v) is 7.17. The maximum absolute atomic E-state index is 12.7. The number of nitrogens with zero attached hydrogens (tertiary/aromatic N) is 2. The fraction of sp³-hybridized carbons (Fsp3) is 0.350. The highest BCUT2D eigenvalue weighted by Crippen LogP contribution is 2.41. The van der Waals surface area contributed by atoms with Gasteiger partial charge in [0.25, 0.3) is 5.91 Å². The predicted molar refractivity (Wildman–Crippen MR) is 96.1 cm³/mol. The minimum Gasteiger partial charge on any atom is -0.356 e. The first-order chi connectivity index (χ1) is 12.5. The van der Waals surface area contributed by atoms with Crippen molar-refractivity contribution >= 4 is 17.5 Å². The summed E-state index contributed by atoms with van der Waals surface area (Å²) in [6, 6.07) is 8.81. The van der Waals surface area contributed by atoms with Crippen molar-refractivity contribution in [2.45, 2.75) is 32.6 Å². The van der Waals surface area contributed by atoms with Crippen LogP contribution in [0.4, 0.5) is 5.69 Å². The normalized spacial score (nSPS) is 21.4. The van der Waals surface area contributed by atoms with E-state index in [-0.39, 0.29) is 11.3 Å². The Balaban J connectivity index is 1.59. The minimum absolute atomic E-state index is 0.150. The average molecular weight is 351 g/mol. The number of fused-ring (bicyclic) bond motifs is 1. The third-order valence-corrected chi connectivity index (χ3v) is 5.63. The van der Waals surface area contributed by atoms with E-state index in [1.165, 1.54) is 0 Å². The van der Waals surface area contributed by atoms with Crippen molar-refractivity contribution in [3.63, 3.8) is 0 Å². The standard InChI is InChI=1S/C20H21N3O3/c1-13-17(3-2-9-21-13)23(26)18(24)15-4-5-16-12-20(7-6-14(16)11-15)8-10-22-19(20)25/h2-5,9,11,26H,6-8,10,12H2,1H3,(H,22,25)/t20-/m1/s1. The fourth-order valence-electron chi connectivity index (χ4n) is 4.05. The van der Waals surface area contributed by atoms with Gasteiger partial charge in [0.05, 0.1) is 16.8 Å². The van der Waals surface area contributed by atoms with Gasteiger partial charge >= 0.3 is 0 Å². The van der Waals surface area contributed by atoms with Gasteiger partial charge in [-0.15, -0.1) is 0 Å². The predicted octanol–water partition coefficient (Wildman–Crippen LogP) is 2.42. The minimum atomic E-state index is -0.484. The lowest BCUT2D eigenvalue weighted by Crippen LogP contribution is -2.36. The van der Waals surface area contributed by atoms with Crippen molar-refractivity contribution in [2.24, 2.45) is 5.41 Å². The number of benzene rings is 1. The Morgan fingerprint density at radius 2 is 2.12 bits per heavy atom. The molecular weight excluding hydrogens is 330 g/mol. The van der Waals surface area contributed by atoms with Crippen LogP contribution in [0.1, 0.15) is 40.0 Å². The van der Waals surface area contributed by atoms with Crippen LogP contribution in [0.2, 0.25) is 0 Å². The van der Waals surface area contributed by atoms with E-state index in [2.05, 4.69) is 10.3 Å². The van der Waals surface area contributed by atoms with Crippen LogP contribution in [0, 0.1) is 12.3 Å². The number of rotatable bonds is 2. The fourth-order valence-corrected chi connectivity index (χ4v) is 4.05. The second kappa shape index (κ2) is 6.21. The molecule has 2 amide bonds. The Morgan fingerprint density at radius 1 is 1.27 bits per heavy atom. The van der Waals surface area contributed by atoms with E-state index in [0.717, 1.165) is 36.9 Å². The number of aromatic nitrogens is 1. The molecule has 1 atom stereocenters. The number of pyridine rings is 1. The van der Waals surface area contributed by atoms with E-state index < -0.39 is 5.91 Å². The van der Waals surface area contributed by atoms with E-state index in [9.17, 15) is 14.8 Å². The second-order valence-electron chi connectivity index (χ2n) is 7.17. The number of hydrogen-bond donors (Lipinski definition) is 2. The van der Waals surface area contributed by atoms with E-state index in [1.807, 2.05) is 12.1 Å². The first-order valence-electron chi connectivity index (χ1n) is 8.85. The Labute approximate surface area is 151 Å². The molecule has 26 heavy (non-hydrogen) atoms. The Kier molecular flexibility index (Phi) is 4.00. The Hall–Kier alpha value is -2.73. The lowest BCUT2D eigenvalue weighted by atomic mass is 9.70. The summed E-state index contributed by atoms with van der Waals surface area (Å²) in [4.78, 5) is 29.0. The molecule has 0 saturated carbocycles. The summed E-state index contributed by atoms with van der Waals surface area (Å²) >= 11 is 0. The zero-order valence-electron chi connectivity index (χ0n) is 14.7. The molecule has 1 aromatic carbocycles.